The van der Waals surface area contributed by atoms with Crippen molar-refractivity contribution < 1.29 is 19.1 Å². The van der Waals surface area contributed by atoms with Crippen LogP contribution in [0.4, 0.5) is 11.4 Å². The predicted molar refractivity (Wildman–Crippen MR) is 110 cm³/mol. The predicted octanol–water partition coefficient (Wildman–Crippen LogP) is 3.87. The molecule has 1 aliphatic carbocycles. The van der Waals surface area contributed by atoms with E-state index >= 15 is 0 Å². The molecule has 2 aromatic carbocycles. The normalized spacial score (nSPS) is 23.7. The molecule has 0 bridgehead atoms. The Labute approximate surface area is 169 Å². The van der Waals surface area contributed by atoms with Gasteiger partial charge in [-0.2, -0.15) is 0 Å². The summed E-state index contributed by atoms with van der Waals surface area (Å²) in [6.07, 6.45) is 2.54. The number of carbonyl (C=O) groups excluding carboxylic acids is 3. The van der Waals surface area contributed by atoms with E-state index < -0.39 is 0 Å². The van der Waals surface area contributed by atoms with Crippen LogP contribution in [0.3, 0.4) is 0 Å². The molecular weight excluding hydrogens is 368 g/mol. The Hall–Kier alpha value is -3.15. The number of nitrogens with zero attached hydrogens (tertiary/aromatic N) is 1. The Morgan fingerprint density at radius 3 is 2.41 bits per heavy atom. The molecule has 0 radical (unpaired) electrons. The lowest BCUT2D eigenvalue weighted by Gasteiger charge is -2.25. The van der Waals surface area contributed by atoms with Gasteiger partial charge in [-0.25, -0.2) is 0 Å². The maximum Gasteiger partial charge on any atom is 0.259 e. The molecule has 3 atom stereocenters. The van der Waals surface area contributed by atoms with Crippen LogP contribution in [0.2, 0.25) is 0 Å². The topological polar surface area (TPSA) is 75.7 Å². The highest BCUT2D eigenvalue weighted by Gasteiger charge is 2.49. The molecule has 2 fully saturated rings. The summed E-state index contributed by atoms with van der Waals surface area (Å²) in [4.78, 5) is 39.5. The first-order valence-corrected chi connectivity index (χ1v) is 9.92. The van der Waals surface area contributed by atoms with Crippen LogP contribution in [0.1, 0.15) is 36.5 Å². The summed E-state index contributed by atoms with van der Waals surface area (Å²) in [6.45, 7) is 2.13. The lowest BCUT2D eigenvalue weighted by molar-refractivity contribution is -0.122. The number of ether oxygens (including phenoxy) is 1. The molecule has 1 N–H and O–H groups in total. The van der Waals surface area contributed by atoms with Crippen LogP contribution in [0.25, 0.3) is 0 Å². The van der Waals surface area contributed by atoms with Crippen molar-refractivity contribution in [3.05, 3.63) is 54.1 Å². The average molecular weight is 392 g/mol. The van der Waals surface area contributed by atoms with Crippen molar-refractivity contribution in [3.63, 3.8) is 0 Å². The smallest absolute Gasteiger partial charge is 0.259 e. The van der Waals surface area contributed by atoms with Gasteiger partial charge in [-0.3, -0.25) is 19.3 Å². The molecule has 3 amide bonds. The molecule has 2 aliphatic rings. The summed E-state index contributed by atoms with van der Waals surface area (Å²) in [5.41, 5.74) is 1.56. The van der Waals surface area contributed by atoms with Crippen LogP contribution in [-0.4, -0.2) is 24.8 Å². The third-order valence-electron chi connectivity index (χ3n) is 5.92. The minimum absolute atomic E-state index is 0.0993. The first kappa shape index (κ1) is 19.2. The van der Waals surface area contributed by atoms with Crippen LogP contribution >= 0.6 is 0 Å². The van der Waals surface area contributed by atoms with E-state index in [1.165, 1.54) is 12.0 Å². The van der Waals surface area contributed by atoms with Crippen LogP contribution < -0.4 is 15.0 Å². The van der Waals surface area contributed by atoms with E-state index in [1.807, 2.05) is 0 Å². The summed E-state index contributed by atoms with van der Waals surface area (Å²) in [7, 11) is 1.52. The standard InChI is InChI=1S/C23H24N2O4/c1-14-7-12-17-19(13-14)23(28)25(22(17)27)16-10-8-15(9-11-16)24-21(26)18-5-3-4-6-20(18)29-2/h3-6,8-11,14,17,19H,7,12-13H2,1-2H3,(H,24,26)/t14-,17-,19-/m1/s1. The molecule has 1 saturated carbocycles. The highest BCUT2D eigenvalue weighted by Crippen LogP contribution is 2.42. The molecule has 2 aromatic rings. The van der Waals surface area contributed by atoms with Crippen molar-refractivity contribution in [2.24, 2.45) is 17.8 Å². The quantitative estimate of drug-likeness (QED) is 0.802. The highest BCUT2D eigenvalue weighted by atomic mass is 16.5. The molecule has 0 spiro atoms. The number of nitrogens with one attached hydrogen (secondary N) is 1. The van der Waals surface area contributed by atoms with Crippen molar-refractivity contribution in [1.82, 2.24) is 0 Å². The van der Waals surface area contributed by atoms with E-state index in [1.54, 1.807) is 48.5 Å². The van der Waals surface area contributed by atoms with Gasteiger partial charge in [-0.05, 0) is 61.6 Å². The van der Waals surface area contributed by atoms with Gasteiger partial charge in [0.25, 0.3) is 5.91 Å². The first-order valence-electron chi connectivity index (χ1n) is 9.92. The number of fused-ring (bicyclic) bond motifs is 1. The van der Waals surface area contributed by atoms with E-state index in [-0.39, 0.29) is 29.6 Å². The van der Waals surface area contributed by atoms with Crippen molar-refractivity contribution in [2.75, 3.05) is 17.3 Å². The number of carbonyl (C=O) groups is 3. The number of anilines is 2. The minimum atomic E-state index is -0.288. The molecule has 6 nitrogen and oxygen atoms in total. The number of hydrogen-bond acceptors (Lipinski definition) is 4. The summed E-state index contributed by atoms with van der Waals surface area (Å²) < 4.78 is 5.23. The number of imide groups is 1. The van der Waals surface area contributed by atoms with E-state index in [0.29, 0.717) is 28.6 Å². The average Bonchev–Trinajstić information content (AvgIpc) is 2.98. The first-order chi connectivity index (χ1) is 14.0. The van der Waals surface area contributed by atoms with Crippen LogP contribution in [-0.2, 0) is 9.59 Å². The second kappa shape index (κ2) is 7.70. The minimum Gasteiger partial charge on any atom is -0.496 e. The summed E-state index contributed by atoms with van der Waals surface area (Å²) in [5.74, 6) is 0.0885. The third kappa shape index (κ3) is 3.50. The van der Waals surface area contributed by atoms with Crippen molar-refractivity contribution in [2.45, 2.75) is 26.2 Å². The summed E-state index contributed by atoms with van der Waals surface area (Å²) >= 11 is 0. The van der Waals surface area contributed by atoms with Crippen LogP contribution in [0, 0.1) is 17.8 Å². The number of amides is 3. The molecular formula is C23H24N2O4. The monoisotopic (exact) mass is 392 g/mol. The van der Waals surface area contributed by atoms with E-state index in [2.05, 4.69) is 12.2 Å². The van der Waals surface area contributed by atoms with Crippen LogP contribution in [0.15, 0.2) is 48.5 Å². The molecule has 0 aromatic heterocycles. The van der Waals surface area contributed by atoms with Crippen molar-refractivity contribution >= 4 is 29.1 Å². The zero-order valence-corrected chi connectivity index (χ0v) is 16.6. The second-order valence-corrected chi connectivity index (χ2v) is 7.84. The highest BCUT2D eigenvalue weighted by molar-refractivity contribution is 6.22. The Bertz CT molecular complexity index is 954. The van der Waals surface area contributed by atoms with Gasteiger partial charge in [-0.1, -0.05) is 19.1 Å². The molecule has 4 rings (SSSR count). The van der Waals surface area contributed by atoms with Gasteiger partial charge in [0.1, 0.15) is 5.75 Å². The fraction of sp³-hybridized carbons (Fsp3) is 0.348. The number of para-hydroxylation sites is 1. The summed E-state index contributed by atoms with van der Waals surface area (Å²) in [6, 6.07) is 13.8. The third-order valence-corrected chi connectivity index (χ3v) is 5.92. The van der Waals surface area contributed by atoms with Gasteiger partial charge in [-0.15, -0.1) is 0 Å². The molecule has 1 aliphatic heterocycles. The van der Waals surface area contributed by atoms with E-state index in [4.69, 9.17) is 4.74 Å². The van der Waals surface area contributed by atoms with Gasteiger partial charge in [0.05, 0.1) is 30.2 Å². The number of hydrogen-bond donors (Lipinski definition) is 1. The van der Waals surface area contributed by atoms with Gasteiger partial charge in [0.2, 0.25) is 11.8 Å². The number of methoxy groups -OCH3 is 1. The van der Waals surface area contributed by atoms with Crippen LogP contribution in [0.5, 0.6) is 5.75 Å². The molecule has 1 heterocycles. The largest absolute Gasteiger partial charge is 0.496 e. The SMILES string of the molecule is COc1ccccc1C(=O)Nc1ccc(N2C(=O)[C@@H]3CC[C@@H](C)C[C@H]3C2=O)cc1. The maximum absolute atomic E-state index is 12.8. The van der Waals surface area contributed by atoms with Crippen molar-refractivity contribution in [3.8, 4) is 5.75 Å². The molecule has 150 valence electrons. The van der Waals surface area contributed by atoms with E-state index in [0.717, 1.165) is 19.3 Å². The number of benzene rings is 2. The van der Waals surface area contributed by atoms with E-state index in [9.17, 15) is 14.4 Å². The van der Waals surface area contributed by atoms with Gasteiger partial charge in [0.15, 0.2) is 0 Å². The van der Waals surface area contributed by atoms with Crippen molar-refractivity contribution in [1.29, 1.82) is 0 Å². The molecule has 1 saturated heterocycles. The summed E-state index contributed by atoms with van der Waals surface area (Å²) in [5, 5.41) is 2.82. The number of rotatable bonds is 4. The Morgan fingerprint density at radius 1 is 1.00 bits per heavy atom. The Kier molecular flexibility index (Phi) is 5.09. The van der Waals surface area contributed by atoms with Gasteiger partial charge >= 0.3 is 0 Å². The maximum atomic E-state index is 12.8. The fourth-order valence-electron chi connectivity index (χ4n) is 4.37. The molecule has 29 heavy (non-hydrogen) atoms. The molecule has 0 unspecified atom stereocenters. The fourth-order valence-corrected chi connectivity index (χ4v) is 4.37. The zero-order valence-electron chi connectivity index (χ0n) is 16.6. The second-order valence-electron chi connectivity index (χ2n) is 7.84. The van der Waals surface area contributed by atoms with Gasteiger partial charge < -0.3 is 10.1 Å². The lowest BCUT2D eigenvalue weighted by atomic mass is 9.76. The zero-order chi connectivity index (χ0) is 20.5. The molecule has 6 heteroatoms. The van der Waals surface area contributed by atoms with Gasteiger partial charge in [0, 0.05) is 5.69 Å². The Morgan fingerprint density at radius 2 is 1.69 bits per heavy atom. The Balaban J connectivity index is 1.50. The lowest BCUT2D eigenvalue weighted by Crippen LogP contribution is -2.30.